The number of sulfone groups is 1. The van der Waals surface area contributed by atoms with Crippen LogP contribution >= 0.6 is 0 Å². The SMILES string of the molecule is Cc1[nH]ncc1CCCNC(=O)C(C)S(C)(=O)=O. The molecule has 1 amide bonds. The Kier molecular flexibility index (Phi) is 4.89. The first-order chi connectivity index (χ1) is 8.32. The van der Waals surface area contributed by atoms with Gasteiger partial charge in [-0.1, -0.05) is 0 Å². The Balaban J connectivity index is 2.31. The molecule has 0 saturated carbocycles. The number of rotatable bonds is 6. The van der Waals surface area contributed by atoms with Crippen molar-refractivity contribution in [2.24, 2.45) is 0 Å². The minimum atomic E-state index is -3.32. The van der Waals surface area contributed by atoms with Crippen LogP contribution in [0.4, 0.5) is 0 Å². The van der Waals surface area contributed by atoms with Crippen molar-refractivity contribution >= 4 is 15.7 Å². The highest BCUT2D eigenvalue weighted by Crippen LogP contribution is 2.05. The molecule has 0 bridgehead atoms. The Labute approximate surface area is 107 Å². The zero-order chi connectivity index (χ0) is 13.8. The van der Waals surface area contributed by atoms with Gasteiger partial charge in [0.25, 0.3) is 0 Å². The molecule has 0 spiro atoms. The molecule has 7 heteroatoms. The van der Waals surface area contributed by atoms with Crippen molar-refractivity contribution in [2.45, 2.75) is 31.9 Å². The van der Waals surface area contributed by atoms with E-state index in [1.54, 1.807) is 6.20 Å². The molecular weight excluding hydrogens is 254 g/mol. The van der Waals surface area contributed by atoms with E-state index in [1.165, 1.54) is 6.92 Å². The molecule has 1 unspecified atom stereocenters. The molecule has 0 radical (unpaired) electrons. The summed E-state index contributed by atoms with van der Waals surface area (Å²) in [6.07, 6.45) is 4.38. The maximum Gasteiger partial charge on any atom is 0.238 e. The number of hydrogen-bond acceptors (Lipinski definition) is 4. The first kappa shape index (κ1) is 14.7. The van der Waals surface area contributed by atoms with Crippen molar-refractivity contribution in [3.63, 3.8) is 0 Å². The van der Waals surface area contributed by atoms with Crippen LogP contribution in [0.25, 0.3) is 0 Å². The van der Waals surface area contributed by atoms with Crippen molar-refractivity contribution < 1.29 is 13.2 Å². The average molecular weight is 273 g/mol. The van der Waals surface area contributed by atoms with E-state index in [0.29, 0.717) is 6.54 Å². The molecule has 1 aromatic rings. The number of H-pyrrole nitrogens is 1. The predicted octanol–water partition coefficient (Wildman–Crippen LogP) is 0.200. The van der Waals surface area contributed by atoms with Gasteiger partial charge in [-0.25, -0.2) is 8.42 Å². The fourth-order valence-electron chi connectivity index (χ4n) is 1.46. The summed E-state index contributed by atoms with van der Waals surface area (Å²) in [7, 11) is -3.32. The van der Waals surface area contributed by atoms with Gasteiger partial charge < -0.3 is 5.32 Å². The lowest BCUT2D eigenvalue weighted by molar-refractivity contribution is -0.120. The van der Waals surface area contributed by atoms with Gasteiger partial charge in [-0.05, 0) is 32.3 Å². The molecule has 18 heavy (non-hydrogen) atoms. The monoisotopic (exact) mass is 273 g/mol. The zero-order valence-corrected chi connectivity index (χ0v) is 11.7. The minimum absolute atomic E-state index is 0.443. The molecule has 1 rings (SSSR count). The number of aryl methyl sites for hydroxylation is 2. The third-order valence-electron chi connectivity index (χ3n) is 2.87. The second-order valence-electron chi connectivity index (χ2n) is 4.39. The molecule has 0 fully saturated rings. The van der Waals surface area contributed by atoms with Crippen LogP contribution in [0, 0.1) is 6.92 Å². The summed E-state index contributed by atoms with van der Waals surface area (Å²) < 4.78 is 22.3. The lowest BCUT2D eigenvalue weighted by atomic mass is 10.1. The van der Waals surface area contributed by atoms with Crippen LogP contribution in [0.15, 0.2) is 6.20 Å². The second-order valence-corrected chi connectivity index (χ2v) is 6.75. The van der Waals surface area contributed by atoms with Gasteiger partial charge in [0, 0.05) is 18.5 Å². The van der Waals surface area contributed by atoms with Crippen LogP contribution in [-0.2, 0) is 21.1 Å². The van der Waals surface area contributed by atoms with Gasteiger partial charge in [0.05, 0.1) is 6.20 Å². The Hall–Kier alpha value is -1.37. The second kappa shape index (κ2) is 5.99. The smallest absolute Gasteiger partial charge is 0.238 e. The van der Waals surface area contributed by atoms with Crippen molar-refractivity contribution in [3.8, 4) is 0 Å². The quantitative estimate of drug-likeness (QED) is 0.724. The number of nitrogens with zero attached hydrogens (tertiary/aromatic N) is 1. The maximum absolute atomic E-state index is 11.5. The lowest BCUT2D eigenvalue weighted by Gasteiger charge is -2.10. The molecule has 0 aliphatic carbocycles. The molecule has 0 aliphatic rings. The molecule has 0 aliphatic heterocycles. The van der Waals surface area contributed by atoms with Crippen molar-refractivity contribution in [3.05, 3.63) is 17.5 Å². The molecule has 2 N–H and O–H groups in total. The number of carbonyl (C=O) groups is 1. The summed E-state index contributed by atoms with van der Waals surface area (Å²) in [4.78, 5) is 11.5. The highest BCUT2D eigenvalue weighted by molar-refractivity contribution is 7.92. The van der Waals surface area contributed by atoms with Gasteiger partial charge in [0.2, 0.25) is 5.91 Å². The summed E-state index contributed by atoms with van der Waals surface area (Å²) in [6, 6.07) is 0. The average Bonchev–Trinajstić information content (AvgIpc) is 2.68. The number of aromatic amines is 1. The molecule has 6 nitrogen and oxygen atoms in total. The highest BCUT2D eigenvalue weighted by Gasteiger charge is 2.22. The van der Waals surface area contributed by atoms with E-state index in [9.17, 15) is 13.2 Å². The number of amides is 1. The highest BCUT2D eigenvalue weighted by atomic mass is 32.2. The largest absolute Gasteiger partial charge is 0.355 e. The topological polar surface area (TPSA) is 91.9 Å². The Morgan fingerprint density at radius 3 is 2.72 bits per heavy atom. The van der Waals surface area contributed by atoms with Gasteiger partial charge in [-0.3, -0.25) is 9.89 Å². The third-order valence-corrected chi connectivity index (χ3v) is 4.37. The van der Waals surface area contributed by atoms with Crippen LogP contribution < -0.4 is 5.32 Å². The van der Waals surface area contributed by atoms with Crippen molar-refractivity contribution in [1.29, 1.82) is 0 Å². The summed E-state index contributed by atoms with van der Waals surface area (Å²) in [5.74, 6) is -0.443. The minimum Gasteiger partial charge on any atom is -0.355 e. The van der Waals surface area contributed by atoms with E-state index in [2.05, 4.69) is 15.5 Å². The number of nitrogens with one attached hydrogen (secondary N) is 2. The van der Waals surface area contributed by atoms with Crippen LogP contribution in [-0.4, -0.2) is 42.6 Å². The first-order valence-corrected chi connectivity index (χ1v) is 7.73. The third kappa shape index (κ3) is 4.14. The van der Waals surface area contributed by atoms with E-state index in [4.69, 9.17) is 0 Å². The summed E-state index contributed by atoms with van der Waals surface area (Å²) in [5, 5.41) is 8.37. The van der Waals surface area contributed by atoms with E-state index in [-0.39, 0.29) is 0 Å². The summed E-state index contributed by atoms with van der Waals surface area (Å²) >= 11 is 0. The van der Waals surface area contributed by atoms with Crippen LogP contribution in [0.1, 0.15) is 24.6 Å². The number of hydrogen-bond donors (Lipinski definition) is 2. The van der Waals surface area contributed by atoms with Gasteiger partial charge >= 0.3 is 0 Å². The predicted molar refractivity (Wildman–Crippen MR) is 69.0 cm³/mol. The Morgan fingerprint density at radius 1 is 1.56 bits per heavy atom. The summed E-state index contributed by atoms with van der Waals surface area (Å²) in [5.41, 5.74) is 2.13. The lowest BCUT2D eigenvalue weighted by Crippen LogP contribution is -2.37. The van der Waals surface area contributed by atoms with Gasteiger partial charge in [-0.2, -0.15) is 5.10 Å². The standard InChI is InChI=1S/C11H19N3O3S/c1-8-10(7-13-14-8)5-4-6-12-11(15)9(2)18(3,16)17/h7,9H,4-6H2,1-3H3,(H,12,15)(H,13,14). The normalized spacial score (nSPS) is 13.3. The van der Waals surface area contributed by atoms with Crippen molar-refractivity contribution in [1.82, 2.24) is 15.5 Å². The van der Waals surface area contributed by atoms with Crippen LogP contribution in [0.2, 0.25) is 0 Å². The molecule has 1 heterocycles. The van der Waals surface area contributed by atoms with Gasteiger partial charge in [0.1, 0.15) is 5.25 Å². The van der Waals surface area contributed by atoms with Crippen molar-refractivity contribution in [2.75, 3.05) is 12.8 Å². The van der Waals surface area contributed by atoms with E-state index >= 15 is 0 Å². The Morgan fingerprint density at radius 2 is 2.22 bits per heavy atom. The molecule has 0 aromatic carbocycles. The van der Waals surface area contributed by atoms with E-state index < -0.39 is 21.0 Å². The summed E-state index contributed by atoms with van der Waals surface area (Å²) in [6.45, 7) is 3.79. The molecular formula is C11H19N3O3S. The molecule has 0 saturated heterocycles. The fourth-order valence-corrected chi connectivity index (χ4v) is 1.93. The number of aromatic nitrogens is 2. The zero-order valence-electron chi connectivity index (χ0n) is 10.9. The fraction of sp³-hybridized carbons (Fsp3) is 0.636. The molecule has 102 valence electrons. The first-order valence-electron chi connectivity index (χ1n) is 5.78. The maximum atomic E-state index is 11.5. The molecule has 1 aromatic heterocycles. The van der Waals surface area contributed by atoms with Gasteiger partial charge in [-0.15, -0.1) is 0 Å². The van der Waals surface area contributed by atoms with Crippen LogP contribution in [0.5, 0.6) is 0 Å². The van der Waals surface area contributed by atoms with E-state index in [0.717, 1.165) is 30.4 Å². The van der Waals surface area contributed by atoms with Crippen LogP contribution in [0.3, 0.4) is 0 Å². The van der Waals surface area contributed by atoms with E-state index in [1.807, 2.05) is 6.92 Å². The van der Waals surface area contributed by atoms with Gasteiger partial charge in [0.15, 0.2) is 9.84 Å². The number of carbonyl (C=O) groups excluding carboxylic acids is 1. The Bertz CT molecular complexity index is 507. The molecule has 1 atom stereocenters.